The van der Waals surface area contributed by atoms with Crippen LogP contribution < -0.4 is 10.9 Å². The van der Waals surface area contributed by atoms with Crippen molar-refractivity contribution in [2.75, 3.05) is 5.32 Å². The van der Waals surface area contributed by atoms with Crippen LogP contribution in [0, 0.1) is 24.2 Å². The van der Waals surface area contributed by atoms with E-state index in [0.717, 1.165) is 37.7 Å². The van der Waals surface area contributed by atoms with Gasteiger partial charge in [-0.25, -0.2) is 4.68 Å². The number of halogens is 1. The number of carbonyl (C=O) groups is 1. The lowest BCUT2D eigenvalue weighted by atomic mass is 9.46. The van der Waals surface area contributed by atoms with Crippen molar-refractivity contribution in [2.45, 2.75) is 64.0 Å². The second-order valence-electron chi connectivity index (χ2n) is 10.2. The molecule has 0 unspecified atom stereocenters. The van der Waals surface area contributed by atoms with Gasteiger partial charge in [-0.2, -0.15) is 5.10 Å². The van der Waals surface area contributed by atoms with Gasteiger partial charge in [0.1, 0.15) is 5.02 Å². The minimum Gasteiger partial charge on any atom is -0.481 e. The summed E-state index contributed by atoms with van der Waals surface area (Å²) in [6.07, 6.45) is 7.38. The van der Waals surface area contributed by atoms with E-state index in [1.807, 2.05) is 19.1 Å². The van der Waals surface area contributed by atoms with Crippen LogP contribution in [0.25, 0.3) is 0 Å². The number of hydrogen-bond donors (Lipinski definition) is 2. The molecular weight excluding hydrogens is 414 g/mol. The van der Waals surface area contributed by atoms with Gasteiger partial charge in [-0.15, -0.1) is 0 Å². The van der Waals surface area contributed by atoms with Crippen LogP contribution >= 0.6 is 11.6 Å². The molecule has 164 valence electrons. The summed E-state index contributed by atoms with van der Waals surface area (Å²) in [5, 5.41) is 17.5. The highest BCUT2D eigenvalue weighted by Gasteiger charge is 2.59. The predicted octanol–water partition coefficient (Wildman–Crippen LogP) is 4.59. The Balaban J connectivity index is 1.43. The Bertz CT molecular complexity index is 1060. The molecule has 2 N–H and O–H groups in total. The highest BCUT2D eigenvalue weighted by molar-refractivity contribution is 6.32. The highest BCUT2D eigenvalue weighted by Crippen LogP contribution is 2.65. The molecule has 31 heavy (non-hydrogen) atoms. The van der Waals surface area contributed by atoms with Crippen LogP contribution in [0.3, 0.4) is 0 Å². The number of carboxylic acid groups (broad SMARTS) is 1. The number of carboxylic acids is 1. The first-order chi connectivity index (χ1) is 14.8. The molecule has 2 aromatic rings. The second kappa shape index (κ2) is 7.37. The van der Waals surface area contributed by atoms with E-state index in [-0.39, 0.29) is 22.4 Å². The molecule has 0 aliphatic heterocycles. The molecule has 0 radical (unpaired) electrons. The van der Waals surface area contributed by atoms with E-state index in [1.165, 1.54) is 5.56 Å². The molecule has 6 rings (SSSR count). The SMILES string of the molecule is Cc1ccc(CNc2cnn(C34C[C@H]5C[C@@H](CC(CC(=O)O)(C5)C3)C4)c(=O)c2Cl)cc1. The van der Waals surface area contributed by atoms with Crippen molar-refractivity contribution < 1.29 is 9.90 Å². The molecule has 4 aliphatic rings. The predicted molar refractivity (Wildman–Crippen MR) is 119 cm³/mol. The lowest BCUT2D eigenvalue weighted by Gasteiger charge is -2.61. The summed E-state index contributed by atoms with van der Waals surface area (Å²) < 4.78 is 1.60. The largest absolute Gasteiger partial charge is 0.481 e. The molecular formula is C24H28ClN3O3. The van der Waals surface area contributed by atoms with Gasteiger partial charge < -0.3 is 10.4 Å². The Hall–Kier alpha value is -2.34. The topological polar surface area (TPSA) is 84.2 Å². The highest BCUT2D eigenvalue weighted by atomic mass is 35.5. The van der Waals surface area contributed by atoms with Crippen molar-refractivity contribution in [3.63, 3.8) is 0 Å². The van der Waals surface area contributed by atoms with Gasteiger partial charge in [0, 0.05) is 6.54 Å². The summed E-state index contributed by atoms with van der Waals surface area (Å²) in [5.74, 6) is 0.186. The molecule has 1 aromatic carbocycles. The van der Waals surface area contributed by atoms with Gasteiger partial charge in [-0.1, -0.05) is 41.4 Å². The Morgan fingerprint density at radius 1 is 1.23 bits per heavy atom. The van der Waals surface area contributed by atoms with Gasteiger partial charge in [0.15, 0.2) is 0 Å². The zero-order valence-corrected chi connectivity index (χ0v) is 18.5. The Labute approximate surface area is 186 Å². The van der Waals surface area contributed by atoms with Crippen molar-refractivity contribution in [2.24, 2.45) is 17.3 Å². The minimum absolute atomic E-state index is 0.158. The number of aromatic nitrogens is 2. The molecule has 4 aliphatic carbocycles. The van der Waals surface area contributed by atoms with E-state index in [1.54, 1.807) is 10.9 Å². The number of nitrogens with one attached hydrogen (secondary N) is 1. The maximum Gasteiger partial charge on any atom is 0.303 e. The third-order valence-electron chi connectivity index (χ3n) is 7.65. The van der Waals surface area contributed by atoms with E-state index in [4.69, 9.17) is 11.6 Å². The number of aryl methyl sites for hydroxylation is 1. The van der Waals surface area contributed by atoms with Crippen molar-refractivity contribution in [1.29, 1.82) is 0 Å². The fraction of sp³-hybridized carbons (Fsp3) is 0.542. The van der Waals surface area contributed by atoms with E-state index in [0.29, 0.717) is 30.5 Å². The second-order valence-corrected chi connectivity index (χ2v) is 10.6. The smallest absolute Gasteiger partial charge is 0.303 e. The van der Waals surface area contributed by atoms with E-state index in [9.17, 15) is 14.7 Å². The molecule has 1 heterocycles. The summed E-state index contributed by atoms with van der Waals surface area (Å²) in [7, 11) is 0. The first-order valence-electron chi connectivity index (χ1n) is 11.1. The summed E-state index contributed by atoms with van der Waals surface area (Å²) in [5.41, 5.74) is 1.93. The van der Waals surface area contributed by atoms with E-state index in [2.05, 4.69) is 22.5 Å². The fourth-order valence-electron chi connectivity index (χ4n) is 6.97. The fourth-order valence-corrected chi connectivity index (χ4v) is 7.17. The van der Waals surface area contributed by atoms with Crippen LogP contribution in [0.4, 0.5) is 5.69 Å². The molecule has 0 spiro atoms. The quantitative estimate of drug-likeness (QED) is 0.685. The molecule has 0 amide bonds. The molecule has 4 fully saturated rings. The molecule has 4 bridgehead atoms. The maximum absolute atomic E-state index is 13.3. The monoisotopic (exact) mass is 441 g/mol. The molecule has 7 heteroatoms. The van der Waals surface area contributed by atoms with Crippen molar-refractivity contribution >= 4 is 23.3 Å². The van der Waals surface area contributed by atoms with Gasteiger partial charge in [0.05, 0.1) is 23.8 Å². The number of nitrogens with zero attached hydrogens (tertiary/aromatic N) is 2. The Morgan fingerprint density at radius 3 is 2.55 bits per heavy atom. The minimum atomic E-state index is -0.744. The zero-order valence-electron chi connectivity index (χ0n) is 17.7. The molecule has 6 nitrogen and oxygen atoms in total. The Kier molecular flexibility index (Phi) is 4.88. The van der Waals surface area contributed by atoms with Gasteiger partial charge in [-0.3, -0.25) is 9.59 Å². The molecule has 1 aromatic heterocycles. The summed E-state index contributed by atoms with van der Waals surface area (Å²) >= 11 is 6.52. The number of hydrogen-bond acceptors (Lipinski definition) is 4. The van der Waals surface area contributed by atoms with Crippen LogP contribution in [0.1, 0.15) is 56.1 Å². The first-order valence-corrected chi connectivity index (χ1v) is 11.4. The van der Waals surface area contributed by atoms with Gasteiger partial charge in [0.25, 0.3) is 5.56 Å². The van der Waals surface area contributed by atoms with E-state index >= 15 is 0 Å². The molecule has 2 atom stereocenters. The normalized spacial score (nSPS) is 31.0. The van der Waals surface area contributed by atoms with Crippen LogP contribution in [-0.4, -0.2) is 20.9 Å². The van der Waals surface area contributed by atoms with Crippen LogP contribution in [0.2, 0.25) is 5.02 Å². The van der Waals surface area contributed by atoms with Crippen molar-refractivity contribution in [3.8, 4) is 0 Å². The van der Waals surface area contributed by atoms with Gasteiger partial charge in [0.2, 0.25) is 0 Å². The average Bonchev–Trinajstić information content (AvgIpc) is 2.68. The van der Waals surface area contributed by atoms with Crippen LogP contribution in [-0.2, 0) is 16.9 Å². The lowest BCUT2D eigenvalue weighted by molar-refractivity contribution is -0.151. The molecule has 0 saturated heterocycles. The van der Waals surface area contributed by atoms with Crippen molar-refractivity contribution in [3.05, 3.63) is 57.0 Å². The third-order valence-corrected chi connectivity index (χ3v) is 8.01. The standard InChI is InChI=1S/C24H28ClN3O3/c1-15-2-4-16(5-3-15)12-26-19-13-27-28(22(31)21(19)25)24-9-17-6-18(10-24)8-23(7-17,14-24)11-20(29)30/h2-5,13,17-18,26H,6-12,14H2,1H3,(H,29,30)/t17-,18-,23?,24?/m0/s1. The summed E-state index contributed by atoms with van der Waals surface area (Å²) in [6, 6.07) is 8.19. The van der Waals surface area contributed by atoms with E-state index < -0.39 is 11.5 Å². The number of anilines is 1. The number of benzene rings is 1. The Morgan fingerprint density at radius 2 is 1.90 bits per heavy atom. The lowest BCUT2D eigenvalue weighted by Crippen LogP contribution is -2.59. The average molecular weight is 442 g/mol. The van der Waals surface area contributed by atoms with Gasteiger partial charge >= 0.3 is 5.97 Å². The van der Waals surface area contributed by atoms with Crippen LogP contribution in [0.15, 0.2) is 35.3 Å². The number of rotatable bonds is 6. The first kappa shape index (κ1) is 20.6. The molecule has 4 saturated carbocycles. The summed E-state index contributed by atoms with van der Waals surface area (Å²) in [4.78, 5) is 24.9. The van der Waals surface area contributed by atoms with Crippen LogP contribution in [0.5, 0.6) is 0 Å². The third kappa shape index (κ3) is 3.65. The zero-order chi connectivity index (χ0) is 21.8. The summed E-state index contributed by atoms with van der Waals surface area (Å²) in [6.45, 7) is 2.60. The van der Waals surface area contributed by atoms with Crippen molar-refractivity contribution in [1.82, 2.24) is 9.78 Å². The number of aliphatic carboxylic acids is 1. The maximum atomic E-state index is 13.3. The van der Waals surface area contributed by atoms with Gasteiger partial charge in [-0.05, 0) is 68.3 Å².